The Labute approximate surface area is 161 Å². The van der Waals surface area contributed by atoms with Gasteiger partial charge in [-0.25, -0.2) is 4.98 Å². The quantitative estimate of drug-likeness (QED) is 0.621. The summed E-state index contributed by atoms with van der Waals surface area (Å²) in [5.41, 5.74) is 4.14. The molecular formula is C21H20BrN3O. The van der Waals surface area contributed by atoms with Gasteiger partial charge in [0.05, 0.1) is 17.6 Å². The molecule has 0 N–H and O–H groups in total. The van der Waals surface area contributed by atoms with Crippen LogP contribution in [0.3, 0.4) is 0 Å². The number of carbonyl (C=O) groups is 1. The molecule has 0 bridgehead atoms. The first-order valence-corrected chi connectivity index (χ1v) is 9.48. The molecule has 1 amide bonds. The summed E-state index contributed by atoms with van der Waals surface area (Å²) in [7, 11) is 0. The van der Waals surface area contributed by atoms with Gasteiger partial charge in [-0.15, -0.1) is 0 Å². The maximum atomic E-state index is 12.7. The smallest absolute Gasteiger partial charge is 0.227 e. The van der Waals surface area contributed by atoms with Crippen molar-refractivity contribution in [2.45, 2.75) is 25.8 Å². The first kappa shape index (κ1) is 17.0. The van der Waals surface area contributed by atoms with Crippen molar-refractivity contribution in [1.29, 1.82) is 0 Å². The van der Waals surface area contributed by atoms with Crippen molar-refractivity contribution in [3.05, 3.63) is 71.0 Å². The van der Waals surface area contributed by atoms with Crippen LogP contribution in [0.5, 0.6) is 0 Å². The van der Waals surface area contributed by atoms with E-state index in [9.17, 15) is 4.79 Å². The number of aromatic nitrogens is 2. The van der Waals surface area contributed by atoms with Crippen LogP contribution in [0.15, 0.2) is 59.6 Å². The van der Waals surface area contributed by atoms with Crippen molar-refractivity contribution in [1.82, 2.24) is 9.55 Å². The molecule has 4 nitrogen and oxygen atoms in total. The second-order valence-corrected chi connectivity index (χ2v) is 7.88. The molecule has 132 valence electrons. The number of hydrogen-bond acceptors (Lipinski definition) is 2. The van der Waals surface area contributed by atoms with Gasteiger partial charge in [0, 0.05) is 29.1 Å². The Morgan fingerprint density at radius 1 is 1.23 bits per heavy atom. The maximum Gasteiger partial charge on any atom is 0.227 e. The van der Waals surface area contributed by atoms with E-state index < -0.39 is 0 Å². The number of carbonyl (C=O) groups excluding carboxylic acids is 1. The van der Waals surface area contributed by atoms with E-state index in [1.165, 1.54) is 0 Å². The Hall–Kier alpha value is -2.40. The molecule has 4 rings (SSSR count). The zero-order chi connectivity index (χ0) is 18.3. The van der Waals surface area contributed by atoms with Crippen molar-refractivity contribution in [2.24, 2.45) is 0 Å². The van der Waals surface area contributed by atoms with E-state index in [4.69, 9.17) is 4.98 Å². The lowest BCUT2D eigenvalue weighted by molar-refractivity contribution is -0.117. The van der Waals surface area contributed by atoms with Gasteiger partial charge in [0.1, 0.15) is 5.82 Å². The molecule has 0 aliphatic carbocycles. The highest BCUT2D eigenvalue weighted by Crippen LogP contribution is 2.34. The van der Waals surface area contributed by atoms with Gasteiger partial charge in [-0.2, -0.15) is 0 Å². The molecule has 1 aliphatic heterocycles. The molecule has 1 fully saturated rings. The van der Waals surface area contributed by atoms with Crippen molar-refractivity contribution >= 4 is 38.6 Å². The summed E-state index contributed by atoms with van der Waals surface area (Å²) < 4.78 is 3.06. The van der Waals surface area contributed by atoms with Crippen LogP contribution in [0.25, 0.3) is 11.0 Å². The Balaban J connectivity index is 1.73. The van der Waals surface area contributed by atoms with Gasteiger partial charge in [0.2, 0.25) is 5.91 Å². The van der Waals surface area contributed by atoms with Crippen molar-refractivity contribution in [3.8, 4) is 0 Å². The third kappa shape index (κ3) is 2.97. The summed E-state index contributed by atoms with van der Waals surface area (Å²) in [5, 5.41) is 0. The van der Waals surface area contributed by atoms with Crippen LogP contribution in [0.4, 0.5) is 5.69 Å². The Kier molecular flexibility index (Phi) is 4.41. The number of fused-ring (bicyclic) bond motifs is 1. The number of nitrogens with zero attached hydrogens (tertiary/aromatic N) is 3. The lowest BCUT2D eigenvalue weighted by Crippen LogP contribution is -2.25. The first-order chi connectivity index (χ1) is 12.5. The van der Waals surface area contributed by atoms with Crippen LogP contribution >= 0.6 is 15.9 Å². The standard InChI is InChI=1S/C21H20BrN3O/c1-14-7-3-5-9-18(14)24-13-16(11-20(24)26)21-23-17-8-4-6-10-19(17)25(21)12-15(2)22/h3-10,16H,2,11-13H2,1H3/t16-/m1/s1. The van der Waals surface area contributed by atoms with Crippen LogP contribution in [0, 0.1) is 6.92 Å². The molecule has 1 aliphatic rings. The van der Waals surface area contributed by atoms with E-state index in [0.29, 0.717) is 19.5 Å². The second kappa shape index (κ2) is 6.72. The van der Waals surface area contributed by atoms with Gasteiger partial charge in [-0.1, -0.05) is 52.8 Å². The SMILES string of the molecule is C=C(Br)Cn1c([C@@H]2CC(=O)N(c3ccccc3C)C2)nc2ccccc21. The van der Waals surface area contributed by atoms with Crippen LogP contribution < -0.4 is 4.90 Å². The Morgan fingerprint density at radius 3 is 2.73 bits per heavy atom. The summed E-state index contributed by atoms with van der Waals surface area (Å²) >= 11 is 3.47. The third-order valence-corrected chi connectivity index (χ3v) is 5.16. The van der Waals surface area contributed by atoms with E-state index >= 15 is 0 Å². The number of rotatable bonds is 4. The van der Waals surface area contributed by atoms with Crippen molar-refractivity contribution in [3.63, 3.8) is 0 Å². The van der Waals surface area contributed by atoms with Crippen LogP contribution in [-0.4, -0.2) is 22.0 Å². The molecule has 1 saturated heterocycles. The average molecular weight is 410 g/mol. The molecule has 2 heterocycles. The summed E-state index contributed by atoms with van der Waals surface area (Å²) in [5.74, 6) is 1.18. The number of allylic oxidation sites excluding steroid dienone is 1. The predicted octanol–water partition coefficient (Wildman–Crippen LogP) is 4.77. The number of amides is 1. The number of benzene rings is 2. The Bertz CT molecular complexity index is 1010. The number of hydrogen-bond donors (Lipinski definition) is 0. The third-order valence-electron chi connectivity index (χ3n) is 4.91. The van der Waals surface area contributed by atoms with Gasteiger partial charge in [-0.05, 0) is 30.7 Å². The number of halogens is 1. The molecule has 0 radical (unpaired) electrons. The van der Waals surface area contributed by atoms with Gasteiger partial charge >= 0.3 is 0 Å². The Morgan fingerprint density at radius 2 is 1.96 bits per heavy atom. The van der Waals surface area contributed by atoms with E-state index in [0.717, 1.165) is 32.6 Å². The molecule has 5 heteroatoms. The molecule has 0 saturated carbocycles. The summed E-state index contributed by atoms with van der Waals surface area (Å²) in [6.07, 6.45) is 0.479. The summed E-state index contributed by atoms with van der Waals surface area (Å²) in [4.78, 5) is 19.5. The topological polar surface area (TPSA) is 38.1 Å². The highest BCUT2D eigenvalue weighted by atomic mass is 79.9. The molecule has 3 aromatic rings. The van der Waals surface area contributed by atoms with E-state index in [-0.39, 0.29) is 11.8 Å². The highest BCUT2D eigenvalue weighted by Gasteiger charge is 2.35. The number of imidazole rings is 1. The minimum atomic E-state index is 0.0707. The fourth-order valence-electron chi connectivity index (χ4n) is 3.72. The van der Waals surface area contributed by atoms with Gasteiger partial charge in [0.15, 0.2) is 0 Å². The van der Waals surface area contributed by atoms with E-state index in [1.807, 2.05) is 54.3 Å². The fraction of sp³-hybridized carbons (Fsp3) is 0.238. The lowest BCUT2D eigenvalue weighted by Gasteiger charge is -2.19. The monoisotopic (exact) mass is 409 g/mol. The fourth-order valence-corrected chi connectivity index (χ4v) is 3.97. The lowest BCUT2D eigenvalue weighted by atomic mass is 10.1. The van der Waals surface area contributed by atoms with Gasteiger partial charge in [-0.3, -0.25) is 4.79 Å². The zero-order valence-electron chi connectivity index (χ0n) is 14.7. The first-order valence-electron chi connectivity index (χ1n) is 8.69. The average Bonchev–Trinajstić information content (AvgIpc) is 3.16. The number of aryl methyl sites for hydroxylation is 1. The second-order valence-electron chi connectivity index (χ2n) is 6.75. The number of para-hydroxylation sites is 3. The summed E-state index contributed by atoms with van der Waals surface area (Å²) in [6.45, 7) is 7.32. The van der Waals surface area contributed by atoms with Crippen molar-refractivity contribution < 1.29 is 4.79 Å². The molecular weight excluding hydrogens is 390 g/mol. The molecule has 0 spiro atoms. The van der Waals surface area contributed by atoms with Crippen LogP contribution in [0.1, 0.15) is 23.7 Å². The van der Waals surface area contributed by atoms with E-state index in [2.05, 4.69) is 33.1 Å². The zero-order valence-corrected chi connectivity index (χ0v) is 16.2. The molecule has 1 atom stereocenters. The number of anilines is 1. The van der Waals surface area contributed by atoms with Crippen LogP contribution in [0.2, 0.25) is 0 Å². The van der Waals surface area contributed by atoms with Gasteiger partial charge in [0.25, 0.3) is 0 Å². The molecule has 26 heavy (non-hydrogen) atoms. The summed E-state index contributed by atoms with van der Waals surface area (Å²) in [6, 6.07) is 16.1. The van der Waals surface area contributed by atoms with Crippen molar-refractivity contribution in [2.75, 3.05) is 11.4 Å². The van der Waals surface area contributed by atoms with E-state index in [1.54, 1.807) is 0 Å². The molecule has 0 unspecified atom stereocenters. The minimum absolute atomic E-state index is 0.0707. The molecule has 2 aromatic carbocycles. The molecule has 1 aromatic heterocycles. The highest BCUT2D eigenvalue weighted by molar-refractivity contribution is 9.11. The van der Waals surface area contributed by atoms with Gasteiger partial charge < -0.3 is 9.47 Å². The normalized spacial score (nSPS) is 17.2. The predicted molar refractivity (Wildman–Crippen MR) is 109 cm³/mol. The maximum absolute atomic E-state index is 12.7. The largest absolute Gasteiger partial charge is 0.323 e. The van der Waals surface area contributed by atoms with Crippen LogP contribution in [-0.2, 0) is 11.3 Å². The minimum Gasteiger partial charge on any atom is -0.323 e.